The molecule has 0 heterocycles. The van der Waals surface area contributed by atoms with Gasteiger partial charge in [0.25, 0.3) is 0 Å². The Labute approximate surface area is 95.8 Å². The molecule has 94 valence electrons. The van der Waals surface area contributed by atoms with Crippen molar-refractivity contribution in [3.05, 3.63) is 29.3 Å². The fourth-order valence-corrected chi connectivity index (χ4v) is 1.25. The van der Waals surface area contributed by atoms with E-state index in [-0.39, 0.29) is 11.3 Å². The Morgan fingerprint density at radius 2 is 2.06 bits per heavy atom. The lowest BCUT2D eigenvalue weighted by Crippen LogP contribution is -2.13. The summed E-state index contributed by atoms with van der Waals surface area (Å²) < 4.78 is 40.4. The zero-order chi connectivity index (χ0) is 13.1. The molecule has 17 heavy (non-hydrogen) atoms. The van der Waals surface area contributed by atoms with E-state index < -0.39 is 25.2 Å². The molecule has 1 N–H and O–H groups in total. The van der Waals surface area contributed by atoms with Crippen LogP contribution in [0.2, 0.25) is 0 Å². The Morgan fingerprint density at radius 1 is 1.41 bits per heavy atom. The molecule has 1 aromatic rings. The third-order valence-electron chi connectivity index (χ3n) is 2.08. The third-order valence-corrected chi connectivity index (χ3v) is 2.08. The molecule has 0 spiro atoms. The van der Waals surface area contributed by atoms with E-state index in [9.17, 15) is 18.0 Å². The second-order valence-electron chi connectivity index (χ2n) is 3.50. The van der Waals surface area contributed by atoms with Gasteiger partial charge < -0.3 is 9.84 Å². The minimum atomic E-state index is -4.25. The van der Waals surface area contributed by atoms with Gasteiger partial charge in [0.2, 0.25) is 0 Å². The zero-order valence-electron chi connectivity index (χ0n) is 9.04. The van der Waals surface area contributed by atoms with Gasteiger partial charge in [0, 0.05) is 0 Å². The molecule has 0 saturated carbocycles. The standard InChI is InChI=1S/C11H11F3O3/c1-7-6-8(2-3-9(7)10(15)16)17-5-4-11(12,13)14/h2-3,6H,4-5H2,1H3,(H,15,16). The maximum absolute atomic E-state index is 11.8. The van der Waals surface area contributed by atoms with Crippen LogP contribution in [0.4, 0.5) is 13.2 Å². The highest BCUT2D eigenvalue weighted by Crippen LogP contribution is 2.21. The molecule has 0 aliphatic carbocycles. The van der Waals surface area contributed by atoms with Crippen LogP contribution in [0, 0.1) is 6.92 Å². The van der Waals surface area contributed by atoms with Crippen LogP contribution in [0.15, 0.2) is 18.2 Å². The fraction of sp³-hybridized carbons (Fsp3) is 0.364. The largest absolute Gasteiger partial charge is 0.493 e. The van der Waals surface area contributed by atoms with E-state index in [0.29, 0.717) is 5.56 Å². The number of alkyl halides is 3. The molecule has 0 atom stereocenters. The summed E-state index contributed by atoms with van der Waals surface area (Å²) in [6.45, 7) is 1.08. The highest BCUT2D eigenvalue weighted by atomic mass is 19.4. The Balaban J connectivity index is 2.62. The number of hydrogen-bond acceptors (Lipinski definition) is 2. The number of aromatic carboxylic acids is 1. The lowest BCUT2D eigenvalue weighted by Gasteiger charge is -2.09. The van der Waals surface area contributed by atoms with Crippen molar-refractivity contribution in [1.29, 1.82) is 0 Å². The molecule has 1 rings (SSSR count). The molecule has 0 aliphatic rings. The molecule has 0 aromatic heterocycles. The van der Waals surface area contributed by atoms with Crippen molar-refractivity contribution >= 4 is 5.97 Å². The lowest BCUT2D eigenvalue weighted by atomic mass is 10.1. The lowest BCUT2D eigenvalue weighted by molar-refractivity contribution is -0.139. The van der Waals surface area contributed by atoms with Gasteiger partial charge in [-0.1, -0.05) is 0 Å². The Morgan fingerprint density at radius 3 is 2.53 bits per heavy atom. The number of carboxylic acid groups (broad SMARTS) is 1. The fourth-order valence-electron chi connectivity index (χ4n) is 1.25. The molecule has 0 amide bonds. The number of ether oxygens (including phenoxy) is 1. The normalized spacial score (nSPS) is 11.3. The average molecular weight is 248 g/mol. The van der Waals surface area contributed by atoms with Crippen molar-refractivity contribution in [3.8, 4) is 5.75 Å². The molecule has 6 heteroatoms. The maximum atomic E-state index is 11.8. The monoisotopic (exact) mass is 248 g/mol. The van der Waals surface area contributed by atoms with Crippen LogP contribution in [0.1, 0.15) is 22.3 Å². The van der Waals surface area contributed by atoms with Gasteiger partial charge in [-0.3, -0.25) is 0 Å². The predicted octanol–water partition coefficient (Wildman–Crippen LogP) is 3.02. The highest BCUT2D eigenvalue weighted by Gasteiger charge is 2.26. The van der Waals surface area contributed by atoms with Crippen LogP contribution in [0.3, 0.4) is 0 Å². The van der Waals surface area contributed by atoms with Gasteiger partial charge in [0.05, 0.1) is 18.6 Å². The van der Waals surface area contributed by atoms with E-state index in [2.05, 4.69) is 0 Å². The molecule has 0 aliphatic heterocycles. The molecule has 0 radical (unpaired) electrons. The summed E-state index contributed by atoms with van der Waals surface area (Å²) in [5.74, 6) is -0.846. The van der Waals surface area contributed by atoms with Crippen LogP contribution < -0.4 is 4.74 Å². The third kappa shape index (κ3) is 4.34. The van der Waals surface area contributed by atoms with E-state index >= 15 is 0 Å². The van der Waals surface area contributed by atoms with Crippen molar-refractivity contribution in [2.75, 3.05) is 6.61 Å². The molecule has 0 bridgehead atoms. The van der Waals surface area contributed by atoms with E-state index in [1.54, 1.807) is 6.92 Å². The van der Waals surface area contributed by atoms with Crippen LogP contribution in [-0.4, -0.2) is 23.9 Å². The van der Waals surface area contributed by atoms with Crippen molar-refractivity contribution in [1.82, 2.24) is 0 Å². The topological polar surface area (TPSA) is 46.5 Å². The SMILES string of the molecule is Cc1cc(OCCC(F)(F)F)ccc1C(=O)O. The second kappa shape index (κ2) is 5.07. The highest BCUT2D eigenvalue weighted by molar-refractivity contribution is 5.89. The molecular weight excluding hydrogens is 237 g/mol. The van der Waals surface area contributed by atoms with Crippen LogP contribution in [-0.2, 0) is 0 Å². The first-order valence-electron chi connectivity index (χ1n) is 4.83. The minimum Gasteiger partial charge on any atom is -0.493 e. The van der Waals surface area contributed by atoms with E-state index in [1.807, 2.05) is 0 Å². The number of halogens is 3. The summed E-state index contributed by atoms with van der Waals surface area (Å²) in [5, 5.41) is 8.75. The van der Waals surface area contributed by atoms with Crippen molar-refractivity contribution < 1.29 is 27.8 Å². The van der Waals surface area contributed by atoms with Crippen LogP contribution in [0.5, 0.6) is 5.75 Å². The molecule has 0 saturated heterocycles. The summed E-state index contributed by atoms with van der Waals surface area (Å²) in [5.41, 5.74) is 0.551. The van der Waals surface area contributed by atoms with Crippen molar-refractivity contribution in [2.45, 2.75) is 19.5 Å². The number of carboxylic acids is 1. The summed E-state index contributed by atoms with van der Waals surface area (Å²) in [6, 6.07) is 4.05. The first-order valence-corrected chi connectivity index (χ1v) is 4.83. The quantitative estimate of drug-likeness (QED) is 0.890. The Kier molecular flexibility index (Phi) is 3.98. The van der Waals surface area contributed by atoms with Gasteiger partial charge >= 0.3 is 12.1 Å². The molecular formula is C11H11F3O3. The summed E-state index contributed by atoms with van der Waals surface area (Å²) in [4.78, 5) is 10.7. The number of benzene rings is 1. The minimum absolute atomic E-state index is 0.105. The molecule has 0 unspecified atom stereocenters. The Hall–Kier alpha value is -1.72. The summed E-state index contributed by atoms with van der Waals surface area (Å²) in [6.07, 6.45) is -5.29. The van der Waals surface area contributed by atoms with Gasteiger partial charge in [-0.05, 0) is 30.7 Å². The van der Waals surface area contributed by atoms with Gasteiger partial charge in [0.15, 0.2) is 0 Å². The van der Waals surface area contributed by atoms with E-state index in [1.165, 1.54) is 18.2 Å². The van der Waals surface area contributed by atoms with Gasteiger partial charge in [-0.15, -0.1) is 0 Å². The number of aryl methyl sites for hydroxylation is 1. The van der Waals surface area contributed by atoms with Gasteiger partial charge in [0.1, 0.15) is 5.75 Å². The number of rotatable bonds is 4. The summed E-state index contributed by atoms with van der Waals surface area (Å²) in [7, 11) is 0. The number of carbonyl (C=O) groups is 1. The van der Waals surface area contributed by atoms with Gasteiger partial charge in [-0.2, -0.15) is 13.2 Å². The second-order valence-corrected chi connectivity index (χ2v) is 3.50. The Bertz CT molecular complexity index is 413. The smallest absolute Gasteiger partial charge is 0.392 e. The zero-order valence-corrected chi connectivity index (χ0v) is 9.04. The molecule has 0 fully saturated rings. The maximum Gasteiger partial charge on any atom is 0.392 e. The van der Waals surface area contributed by atoms with Gasteiger partial charge in [-0.25, -0.2) is 4.79 Å². The number of hydrogen-bond donors (Lipinski definition) is 1. The van der Waals surface area contributed by atoms with E-state index in [4.69, 9.17) is 9.84 Å². The first kappa shape index (κ1) is 13.3. The summed E-state index contributed by atoms with van der Waals surface area (Å²) >= 11 is 0. The van der Waals surface area contributed by atoms with Crippen molar-refractivity contribution in [2.24, 2.45) is 0 Å². The predicted molar refractivity (Wildman–Crippen MR) is 54.3 cm³/mol. The average Bonchev–Trinajstić information content (AvgIpc) is 2.15. The van der Waals surface area contributed by atoms with Crippen molar-refractivity contribution in [3.63, 3.8) is 0 Å². The van der Waals surface area contributed by atoms with Crippen LogP contribution in [0.25, 0.3) is 0 Å². The van der Waals surface area contributed by atoms with E-state index in [0.717, 1.165) is 0 Å². The molecule has 1 aromatic carbocycles. The molecule has 3 nitrogen and oxygen atoms in total. The first-order chi connectivity index (χ1) is 7.79. The van der Waals surface area contributed by atoms with Crippen LogP contribution >= 0.6 is 0 Å².